The van der Waals surface area contributed by atoms with Crippen LogP contribution in [-0.2, 0) is 10.0 Å². The highest BCUT2D eigenvalue weighted by Crippen LogP contribution is 2.43. The third kappa shape index (κ3) is 2.54. The van der Waals surface area contributed by atoms with Crippen LogP contribution in [-0.4, -0.2) is 60.7 Å². The van der Waals surface area contributed by atoms with Crippen LogP contribution >= 0.6 is 0 Å². The molecule has 0 atom stereocenters. The fourth-order valence-electron chi connectivity index (χ4n) is 3.42. The van der Waals surface area contributed by atoms with E-state index in [9.17, 15) is 28.2 Å². The van der Waals surface area contributed by atoms with E-state index in [0.717, 1.165) is 10.4 Å². The fraction of sp³-hybridized carbons (Fsp3) is 0.222. The number of fused-ring (bicyclic) bond motifs is 2. The zero-order chi connectivity index (χ0) is 19.3. The highest BCUT2D eigenvalue weighted by Gasteiger charge is 2.38. The summed E-state index contributed by atoms with van der Waals surface area (Å²) in [5.74, 6) is -3.03. The van der Waals surface area contributed by atoms with Crippen LogP contribution in [0.1, 0.15) is 31.8 Å². The molecule has 3 N–H and O–H groups in total. The number of benzene rings is 2. The summed E-state index contributed by atoms with van der Waals surface area (Å²) in [6.07, 6.45) is 0. The smallest absolute Gasteiger partial charge is 0.247 e. The van der Waals surface area contributed by atoms with Gasteiger partial charge < -0.3 is 15.5 Å². The maximum Gasteiger partial charge on any atom is 0.247 e. The number of phenolic OH excluding ortho intramolecular Hbond substituents is 2. The van der Waals surface area contributed by atoms with Crippen molar-refractivity contribution in [3.63, 3.8) is 0 Å². The Bertz CT molecular complexity index is 1090. The molecule has 1 fully saturated rings. The monoisotopic (exact) mass is 388 g/mol. The van der Waals surface area contributed by atoms with Gasteiger partial charge in [-0.2, -0.15) is 4.31 Å². The van der Waals surface area contributed by atoms with Gasteiger partial charge in [-0.1, -0.05) is 24.3 Å². The second-order valence-electron chi connectivity index (χ2n) is 6.35. The van der Waals surface area contributed by atoms with Gasteiger partial charge >= 0.3 is 0 Å². The van der Waals surface area contributed by atoms with E-state index in [4.69, 9.17) is 0 Å². The van der Waals surface area contributed by atoms with Crippen LogP contribution in [0.15, 0.2) is 35.2 Å². The minimum atomic E-state index is -4.15. The maximum absolute atomic E-state index is 12.9. The lowest BCUT2D eigenvalue weighted by atomic mass is 9.83. The number of nitrogens with zero attached hydrogens (tertiary/aromatic N) is 1. The van der Waals surface area contributed by atoms with Crippen LogP contribution in [0.2, 0.25) is 0 Å². The van der Waals surface area contributed by atoms with E-state index in [1.807, 2.05) is 0 Å². The van der Waals surface area contributed by atoms with Gasteiger partial charge in [0.05, 0.1) is 5.56 Å². The molecule has 1 aliphatic carbocycles. The summed E-state index contributed by atoms with van der Waals surface area (Å²) in [5.41, 5.74) is -0.383. The fourth-order valence-corrected chi connectivity index (χ4v) is 4.97. The second kappa shape index (κ2) is 6.15. The number of aromatic hydroxyl groups is 2. The van der Waals surface area contributed by atoms with Crippen molar-refractivity contribution < 1.29 is 28.2 Å². The predicted molar refractivity (Wildman–Crippen MR) is 94.7 cm³/mol. The zero-order valence-electron chi connectivity index (χ0n) is 14.1. The van der Waals surface area contributed by atoms with Gasteiger partial charge in [-0.05, 0) is 6.07 Å². The molecule has 2 aromatic rings. The van der Waals surface area contributed by atoms with Gasteiger partial charge in [-0.3, -0.25) is 9.59 Å². The number of sulfonamides is 1. The van der Waals surface area contributed by atoms with Crippen LogP contribution in [0.3, 0.4) is 0 Å². The number of piperazine rings is 1. The molecule has 0 bridgehead atoms. The normalized spacial score (nSPS) is 17.5. The molecular weight excluding hydrogens is 372 g/mol. The van der Waals surface area contributed by atoms with Crippen molar-refractivity contribution >= 4 is 21.6 Å². The topological polar surface area (TPSA) is 124 Å². The van der Waals surface area contributed by atoms with E-state index in [0.29, 0.717) is 13.1 Å². The quantitative estimate of drug-likeness (QED) is 0.545. The molecule has 2 aliphatic rings. The van der Waals surface area contributed by atoms with Crippen LogP contribution < -0.4 is 5.32 Å². The first-order valence-electron chi connectivity index (χ1n) is 8.32. The average Bonchev–Trinajstić information content (AvgIpc) is 2.68. The standard InChI is InChI=1S/C18H16N2O6S/c21-15-10-3-1-2-4-11(10)16(22)14-12(15)9-13(17(23)18(14)24)27(25,26)20-7-5-19-6-8-20/h1-4,9,19,23-24H,5-8H2. The summed E-state index contributed by atoms with van der Waals surface area (Å²) in [4.78, 5) is 24.9. The Balaban J connectivity index is 1.92. The van der Waals surface area contributed by atoms with Crippen molar-refractivity contribution in [3.8, 4) is 11.5 Å². The van der Waals surface area contributed by atoms with Gasteiger partial charge in [0.15, 0.2) is 23.1 Å². The minimum absolute atomic E-state index is 0.0995. The number of carbonyl (C=O) groups is 2. The Kier molecular flexibility index (Phi) is 4.02. The van der Waals surface area contributed by atoms with Crippen molar-refractivity contribution in [2.24, 2.45) is 0 Å². The van der Waals surface area contributed by atoms with Gasteiger partial charge in [-0.25, -0.2) is 8.42 Å². The van der Waals surface area contributed by atoms with Crippen molar-refractivity contribution in [1.29, 1.82) is 0 Å². The Labute approximate surface area is 155 Å². The average molecular weight is 388 g/mol. The summed E-state index contributed by atoms with van der Waals surface area (Å²) in [6.45, 7) is 1.27. The minimum Gasteiger partial charge on any atom is -0.504 e. The summed E-state index contributed by atoms with van der Waals surface area (Å²) in [7, 11) is -4.15. The first kappa shape index (κ1) is 17.7. The highest BCUT2D eigenvalue weighted by molar-refractivity contribution is 7.89. The molecular formula is C18H16N2O6S. The molecule has 27 heavy (non-hydrogen) atoms. The number of hydrogen-bond donors (Lipinski definition) is 3. The molecule has 4 rings (SSSR count). The van der Waals surface area contributed by atoms with Gasteiger partial charge in [0.2, 0.25) is 10.0 Å². The predicted octanol–water partition coefficient (Wildman–Crippen LogP) is 0.467. The summed E-state index contributed by atoms with van der Waals surface area (Å²) in [5, 5.41) is 23.7. The number of carbonyl (C=O) groups excluding carboxylic acids is 2. The third-order valence-corrected chi connectivity index (χ3v) is 6.73. The third-order valence-electron chi connectivity index (χ3n) is 4.82. The molecule has 0 unspecified atom stereocenters. The lowest BCUT2D eigenvalue weighted by molar-refractivity contribution is 0.0975. The molecule has 1 saturated heterocycles. The molecule has 1 aliphatic heterocycles. The largest absolute Gasteiger partial charge is 0.504 e. The number of hydrogen-bond acceptors (Lipinski definition) is 7. The number of rotatable bonds is 2. The first-order chi connectivity index (χ1) is 12.8. The first-order valence-corrected chi connectivity index (χ1v) is 9.76. The lowest BCUT2D eigenvalue weighted by Crippen LogP contribution is -2.46. The van der Waals surface area contributed by atoms with E-state index in [1.54, 1.807) is 12.1 Å². The molecule has 0 amide bonds. The van der Waals surface area contributed by atoms with E-state index >= 15 is 0 Å². The van der Waals surface area contributed by atoms with Crippen LogP contribution in [0.25, 0.3) is 0 Å². The molecule has 0 aromatic heterocycles. The van der Waals surface area contributed by atoms with Crippen LogP contribution in [0.4, 0.5) is 0 Å². The number of nitrogens with one attached hydrogen (secondary N) is 1. The summed E-state index contributed by atoms with van der Waals surface area (Å²) < 4.78 is 27.0. The van der Waals surface area contributed by atoms with Crippen LogP contribution in [0, 0.1) is 0 Å². The van der Waals surface area contributed by atoms with Crippen molar-refractivity contribution in [2.75, 3.05) is 26.2 Å². The molecule has 8 nitrogen and oxygen atoms in total. The number of ketones is 2. The summed E-state index contributed by atoms with van der Waals surface area (Å²) in [6, 6.07) is 7.06. The molecule has 140 valence electrons. The maximum atomic E-state index is 12.9. The highest BCUT2D eigenvalue weighted by atomic mass is 32.2. The second-order valence-corrected chi connectivity index (χ2v) is 8.26. The number of phenols is 2. The van der Waals surface area contributed by atoms with E-state index in [1.165, 1.54) is 12.1 Å². The van der Waals surface area contributed by atoms with Gasteiger partial charge in [0.25, 0.3) is 0 Å². The molecule has 9 heteroatoms. The van der Waals surface area contributed by atoms with Gasteiger partial charge in [0, 0.05) is 42.9 Å². The molecule has 0 radical (unpaired) electrons. The van der Waals surface area contributed by atoms with Crippen molar-refractivity contribution in [3.05, 3.63) is 52.6 Å². The Morgan fingerprint density at radius 3 is 2.11 bits per heavy atom. The molecule has 0 spiro atoms. The molecule has 2 aromatic carbocycles. The SMILES string of the molecule is O=C1c2ccccc2C(=O)c2c1cc(S(=O)(=O)N1CCNCC1)c(O)c2O. The van der Waals surface area contributed by atoms with E-state index < -0.39 is 38.0 Å². The van der Waals surface area contributed by atoms with E-state index in [2.05, 4.69) is 5.32 Å². The van der Waals surface area contributed by atoms with Crippen molar-refractivity contribution in [1.82, 2.24) is 9.62 Å². The summed E-state index contributed by atoms with van der Waals surface area (Å²) >= 11 is 0. The Hall–Kier alpha value is -2.75. The molecule has 1 heterocycles. The Morgan fingerprint density at radius 1 is 0.889 bits per heavy atom. The zero-order valence-corrected chi connectivity index (χ0v) is 14.9. The molecule has 0 saturated carbocycles. The van der Waals surface area contributed by atoms with Crippen LogP contribution in [0.5, 0.6) is 11.5 Å². The van der Waals surface area contributed by atoms with Gasteiger partial charge in [-0.15, -0.1) is 0 Å². The Morgan fingerprint density at radius 2 is 1.48 bits per heavy atom. The lowest BCUT2D eigenvalue weighted by Gasteiger charge is -2.28. The van der Waals surface area contributed by atoms with Crippen molar-refractivity contribution in [2.45, 2.75) is 4.90 Å². The van der Waals surface area contributed by atoms with E-state index in [-0.39, 0.29) is 35.3 Å². The van der Waals surface area contributed by atoms with Gasteiger partial charge in [0.1, 0.15) is 4.90 Å².